The Kier molecular flexibility index (Phi) is 5.86. The van der Waals surface area contributed by atoms with E-state index in [1.54, 1.807) is 12.1 Å². The molecule has 0 bridgehead atoms. The van der Waals surface area contributed by atoms with Gasteiger partial charge in [-0.05, 0) is 61.6 Å². The molecule has 1 saturated carbocycles. The molecule has 0 spiro atoms. The molecule has 0 radical (unpaired) electrons. The molecule has 1 heterocycles. The summed E-state index contributed by atoms with van der Waals surface area (Å²) in [4.78, 5) is 25.1. The lowest BCUT2D eigenvalue weighted by molar-refractivity contribution is -0.113. The third kappa shape index (κ3) is 4.68. The largest absolute Gasteiger partial charge is 0.490 e. The molecule has 28 heavy (non-hydrogen) atoms. The Hall–Kier alpha value is -2.47. The standard InChI is InChI=1S/C22H24N2O3S/c25-21-14-28-20-10-9-16(12-19(20)24-21)22(26)23-13-15-5-4-8-18(11-15)27-17-6-2-1-3-7-17/h4-5,8-12,17H,1-3,6-7,13-14H2,(H,23,26)(H,24,25). The maximum atomic E-state index is 12.5. The van der Waals surface area contributed by atoms with Crippen LogP contribution in [0.15, 0.2) is 47.4 Å². The molecule has 0 saturated heterocycles. The summed E-state index contributed by atoms with van der Waals surface area (Å²) >= 11 is 1.49. The second kappa shape index (κ2) is 8.69. The molecule has 4 rings (SSSR count). The highest BCUT2D eigenvalue weighted by atomic mass is 32.2. The average molecular weight is 397 g/mol. The van der Waals surface area contributed by atoms with Gasteiger partial charge in [-0.2, -0.15) is 0 Å². The summed E-state index contributed by atoms with van der Waals surface area (Å²) in [5.41, 5.74) is 2.25. The van der Waals surface area contributed by atoms with E-state index >= 15 is 0 Å². The lowest BCUT2D eigenvalue weighted by Gasteiger charge is -2.23. The second-order valence-electron chi connectivity index (χ2n) is 7.26. The van der Waals surface area contributed by atoms with Gasteiger partial charge in [-0.15, -0.1) is 11.8 Å². The van der Waals surface area contributed by atoms with Gasteiger partial charge in [0, 0.05) is 17.0 Å². The summed E-state index contributed by atoms with van der Waals surface area (Å²) in [5, 5.41) is 5.77. The predicted octanol–water partition coefficient (Wildman–Crippen LogP) is 4.37. The summed E-state index contributed by atoms with van der Waals surface area (Å²) in [6.45, 7) is 0.429. The Morgan fingerprint density at radius 1 is 1.14 bits per heavy atom. The van der Waals surface area contributed by atoms with Gasteiger partial charge in [0.1, 0.15) is 5.75 Å². The zero-order valence-corrected chi connectivity index (χ0v) is 16.5. The van der Waals surface area contributed by atoms with E-state index in [-0.39, 0.29) is 11.8 Å². The fourth-order valence-corrected chi connectivity index (χ4v) is 4.40. The van der Waals surface area contributed by atoms with Crippen molar-refractivity contribution in [3.8, 4) is 5.75 Å². The van der Waals surface area contributed by atoms with E-state index in [1.807, 2.05) is 30.3 Å². The first kappa shape index (κ1) is 18.9. The smallest absolute Gasteiger partial charge is 0.251 e. The second-order valence-corrected chi connectivity index (χ2v) is 8.27. The number of thioether (sulfide) groups is 1. The number of carbonyl (C=O) groups excluding carboxylic acids is 2. The average Bonchev–Trinajstić information content (AvgIpc) is 2.72. The molecule has 2 aliphatic rings. The minimum atomic E-state index is -0.161. The van der Waals surface area contributed by atoms with Crippen LogP contribution in [0.1, 0.15) is 48.0 Å². The first-order chi connectivity index (χ1) is 13.7. The van der Waals surface area contributed by atoms with Crippen LogP contribution in [-0.4, -0.2) is 23.7 Å². The molecule has 1 aliphatic heterocycles. The maximum absolute atomic E-state index is 12.5. The van der Waals surface area contributed by atoms with Gasteiger partial charge < -0.3 is 15.4 Å². The number of rotatable bonds is 5. The number of ether oxygens (including phenoxy) is 1. The summed E-state index contributed by atoms with van der Waals surface area (Å²) in [6, 6.07) is 13.3. The molecule has 1 fully saturated rings. The van der Waals surface area contributed by atoms with E-state index < -0.39 is 0 Å². The van der Waals surface area contributed by atoms with Crippen molar-refractivity contribution in [2.24, 2.45) is 0 Å². The Morgan fingerprint density at radius 3 is 2.86 bits per heavy atom. The summed E-state index contributed by atoms with van der Waals surface area (Å²) in [7, 11) is 0. The molecule has 146 valence electrons. The lowest BCUT2D eigenvalue weighted by Crippen LogP contribution is -2.24. The van der Waals surface area contributed by atoms with Crippen LogP contribution in [0, 0.1) is 0 Å². The first-order valence-corrected chi connectivity index (χ1v) is 10.8. The predicted molar refractivity (Wildman–Crippen MR) is 111 cm³/mol. The van der Waals surface area contributed by atoms with Gasteiger partial charge in [0.05, 0.1) is 17.5 Å². The minimum absolute atomic E-state index is 0.0372. The molecule has 1 aliphatic carbocycles. The molecular weight excluding hydrogens is 372 g/mol. The summed E-state index contributed by atoms with van der Waals surface area (Å²) < 4.78 is 6.10. The Bertz CT molecular complexity index is 878. The highest BCUT2D eigenvalue weighted by molar-refractivity contribution is 8.00. The Morgan fingerprint density at radius 2 is 2.00 bits per heavy atom. The molecule has 0 unspecified atom stereocenters. The quantitative estimate of drug-likeness (QED) is 0.787. The summed E-state index contributed by atoms with van der Waals surface area (Å²) in [6.07, 6.45) is 6.32. The van der Waals surface area contributed by atoms with Gasteiger partial charge in [-0.1, -0.05) is 18.6 Å². The van der Waals surface area contributed by atoms with Crippen LogP contribution in [0.25, 0.3) is 0 Å². The monoisotopic (exact) mass is 396 g/mol. The van der Waals surface area contributed by atoms with Crippen molar-refractivity contribution in [1.29, 1.82) is 0 Å². The van der Waals surface area contributed by atoms with Crippen LogP contribution in [0.3, 0.4) is 0 Å². The van der Waals surface area contributed by atoms with E-state index in [0.29, 0.717) is 29.7 Å². The van der Waals surface area contributed by atoms with Crippen molar-refractivity contribution in [3.63, 3.8) is 0 Å². The molecule has 2 aromatic rings. The van der Waals surface area contributed by atoms with E-state index in [2.05, 4.69) is 10.6 Å². The molecule has 2 aromatic carbocycles. The lowest BCUT2D eigenvalue weighted by atomic mass is 9.98. The van der Waals surface area contributed by atoms with Crippen molar-refractivity contribution in [1.82, 2.24) is 5.32 Å². The fraction of sp³-hybridized carbons (Fsp3) is 0.364. The van der Waals surface area contributed by atoms with Crippen molar-refractivity contribution in [2.45, 2.75) is 49.6 Å². The fourth-order valence-electron chi connectivity index (χ4n) is 3.61. The molecular formula is C22H24N2O3S. The number of anilines is 1. The van der Waals surface area contributed by atoms with Crippen molar-refractivity contribution in [3.05, 3.63) is 53.6 Å². The van der Waals surface area contributed by atoms with Crippen molar-refractivity contribution >= 4 is 29.3 Å². The number of carbonyl (C=O) groups is 2. The zero-order valence-electron chi connectivity index (χ0n) is 15.7. The molecule has 2 amide bonds. The number of hydrogen-bond donors (Lipinski definition) is 2. The topological polar surface area (TPSA) is 67.4 Å². The Balaban J connectivity index is 1.36. The third-order valence-corrected chi connectivity index (χ3v) is 6.15. The van der Waals surface area contributed by atoms with Crippen molar-refractivity contribution < 1.29 is 14.3 Å². The number of nitrogens with one attached hydrogen (secondary N) is 2. The normalized spacial score (nSPS) is 16.8. The Labute approximate surface area is 169 Å². The molecule has 2 N–H and O–H groups in total. The van der Waals surface area contributed by atoms with Crippen LogP contribution in [-0.2, 0) is 11.3 Å². The zero-order chi connectivity index (χ0) is 19.3. The van der Waals surface area contributed by atoms with Crippen LogP contribution < -0.4 is 15.4 Å². The minimum Gasteiger partial charge on any atom is -0.490 e. The highest BCUT2D eigenvalue weighted by Crippen LogP contribution is 2.32. The molecule has 0 aromatic heterocycles. The first-order valence-electron chi connectivity index (χ1n) is 9.78. The maximum Gasteiger partial charge on any atom is 0.251 e. The molecule has 0 atom stereocenters. The van der Waals surface area contributed by atoms with Crippen LogP contribution in [0.2, 0.25) is 0 Å². The van der Waals surface area contributed by atoms with Gasteiger partial charge >= 0.3 is 0 Å². The van der Waals surface area contributed by atoms with Crippen LogP contribution in [0.5, 0.6) is 5.75 Å². The SMILES string of the molecule is O=C1CSc2ccc(C(=O)NCc3cccc(OC4CCCCC4)c3)cc2N1. The number of amides is 2. The van der Waals surface area contributed by atoms with E-state index in [1.165, 1.54) is 31.0 Å². The van der Waals surface area contributed by atoms with Crippen molar-refractivity contribution in [2.75, 3.05) is 11.1 Å². The van der Waals surface area contributed by atoms with Gasteiger partial charge in [0.2, 0.25) is 5.91 Å². The van der Waals surface area contributed by atoms with Gasteiger partial charge in [0.25, 0.3) is 5.91 Å². The van der Waals surface area contributed by atoms with E-state index in [4.69, 9.17) is 4.74 Å². The van der Waals surface area contributed by atoms with Crippen LogP contribution in [0.4, 0.5) is 5.69 Å². The molecule has 6 heteroatoms. The third-order valence-electron chi connectivity index (χ3n) is 5.08. The van der Waals surface area contributed by atoms with Gasteiger partial charge in [0.15, 0.2) is 0 Å². The number of hydrogen-bond acceptors (Lipinski definition) is 4. The number of fused-ring (bicyclic) bond motifs is 1. The number of benzene rings is 2. The van der Waals surface area contributed by atoms with Gasteiger partial charge in [-0.3, -0.25) is 9.59 Å². The van der Waals surface area contributed by atoms with E-state index in [9.17, 15) is 9.59 Å². The molecule has 5 nitrogen and oxygen atoms in total. The highest BCUT2D eigenvalue weighted by Gasteiger charge is 2.18. The van der Waals surface area contributed by atoms with Gasteiger partial charge in [-0.25, -0.2) is 0 Å². The summed E-state index contributed by atoms with van der Waals surface area (Å²) in [5.74, 6) is 1.08. The van der Waals surface area contributed by atoms with E-state index in [0.717, 1.165) is 29.1 Å². The van der Waals surface area contributed by atoms with Crippen LogP contribution >= 0.6 is 11.8 Å².